The summed E-state index contributed by atoms with van der Waals surface area (Å²) in [5.74, 6) is -2.29. The molecular weight excluding hydrogens is 284 g/mol. The summed E-state index contributed by atoms with van der Waals surface area (Å²) in [4.78, 5) is 34.7. The number of carboxylic acids is 2. The van der Waals surface area contributed by atoms with Crippen molar-refractivity contribution < 1.29 is 24.6 Å². The quantitative estimate of drug-likeness (QED) is 0.635. The summed E-state index contributed by atoms with van der Waals surface area (Å²) in [7, 11) is 0. The number of hydrogen-bond acceptors (Lipinski definition) is 3. The number of hydrogen-bond donors (Lipinski definition) is 2. The van der Waals surface area contributed by atoms with Gasteiger partial charge in [-0.3, -0.25) is 9.59 Å². The van der Waals surface area contributed by atoms with Crippen molar-refractivity contribution in [3.05, 3.63) is 11.1 Å². The zero-order valence-corrected chi connectivity index (χ0v) is 13.3. The van der Waals surface area contributed by atoms with Crippen LogP contribution in [0.15, 0.2) is 11.1 Å². The number of carbonyl (C=O) groups is 3. The Hall–Kier alpha value is -1.65. The molecule has 1 fully saturated rings. The molecule has 0 saturated heterocycles. The van der Waals surface area contributed by atoms with Crippen LogP contribution in [0.3, 0.4) is 0 Å². The molecule has 0 spiro atoms. The lowest BCUT2D eigenvalue weighted by Crippen LogP contribution is -2.20. The summed E-state index contributed by atoms with van der Waals surface area (Å²) in [6.45, 7) is 1.98. The molecule has 0 radical (unpaired) electrons. The molecule has 1 aliphatic rings. The van der Waals surface area contributed by atoms with E-state index < -0.39 is 18.4 Å². The van der Waals surface area contributed by atoms with Crippen molar-refractivity contribution >= 4 is 17.7 Å². The van der Waals surface area contributed by atoms with Crippen molar-refractivity contribution in [3.8, 4) is 0 Å². The fraction of sp³-hybridized carbons (Fsp3) is 0.706. The Bertz CT molecular complexity index is 444. The maximum atomic E-state index is 12.4. The number of carbonyl (C=O) groups excluding carboxylic acids is 1. The van der Waals surface area contributed by atoms with E-state index in [0.29, 0.717) is 12.0 Å². The summed E-state index contributed by atoms with van der Waals surface area (Å²) in [6.07, 6.45) is 6.71. The van der Waals surface area contributed by atoms with E-state index in [2.05, 4.69) is 0 Å². The third-order valence-electron chi connectivity index (χ3n) is 4.29. The molecule has 0 bridgehead atoms. The van der Waals surface area contributed by atoms with Gasteiger partial charge in [-0.1, -0.05) is 38.2 Å². The highest BCUT2D eigenvalue weighted by Crippen LogP contribution is 2.28. The number of carboxylic acid groups (broad SMARTS) is 2. The lowest BCUT2D eigenvalue weighted by molar-refractivity contribution is -0.139. The molecule has 1 rings (SSSR count). The SMILES string of the molecule is CCCCC(CC(=O)C1CCCCC1)=C(CC(=O)O)C(=O)O. The minimum Gasteiger partial charge on any atom is -0.481 e. The van der Waals surface area contributed by atoms with Crippen molar-refractivity contribution in [2.75, 3.05) is 0 Å². The van der Waals surface area contributed by atoms with E-state index in [0.717, 1.165) is 44.9 Å². The first-order valence-corrected chi connectivity index (χ1v) is 8.14. The average molecular weight is 310 g/mol. The second-order valence-electron chi connectivity index (χ2n) is 6.04. The molecule has 1 saturated carbocycles. The summed E-state index contributed by atoms with van der Waals surface area (Å²) in [5.41, 5.74) is 0.400. The van der Waals surface area contributed by atoms with E-state index in [1.54, 1.807) is 0 Å². The lowest BCUT2D eigenvalue weighted by atomic mass is 9.83. The predicted octanol–water partition coefficient (Wildman–Crippen LogP) is 3.57. The summed E-state index contributed by atoms with van der Waals surface area (Å²) in [5, 5.41) is 18.2. The van der Waals surface area contributed by atoms with Crippen LogP contribution in [0.5, 0.6) is 0 Å². The molecule has 0 aromatic rings. The first-order valence-electron chi connectivity index (χ1n) is 8.14. The molecule has 1 aliphatic carbocycles. The standard InChI is InChI=1S/C17H26O5/c1-2-3-7-13(14(17(21)22)11-16(19)20)10-15(18)12-8-5-4-6-9-12/h12H,2-11H2,1H3,(H,19,20)(H,21,22). The first kappa shape index (κ1) is 18.4. The number of Topliss-reactive ketones (excluding diaryl/α,β-unsaturated/α-hetero) is 1. The van der Waals surface area contributed by atoms with Crippen molar-refractivity contribution in [1.82, 2.24) is 0 Å². The Morgan fingerprint density at radius 2 is 1.64 bits per heavy atom. The van der Waals surface area contributed by atoms with Crippen molar-refractivity contribution in [2.45, 2.75) is 71.1 Å². The van der Waals surface area contributed by atoms with Crippen LogP contribution in [-0.4, -0.2) is 27.9 Å². The van der Waals surface area contributed by atoms with Crippen LogP contribution < -0.4 is 0 Å². The zero-order valence-electron chi connectivity index (χ0n) is 13.3. The molecule has 0 aromatic heterocycles. The van der Waals surface area contributed by atoms with Crippen LogP contribution in [0.25, 0.3) is 0 Å². The molecule has 0 heterocycles. The van der Waals surface area contributed by atoms with Crippen molar-refractivity contribution in [3.63, 3.8) is 0 Å². The summed E-state index contributed by atoms with van der Waals surface area (Å²) in [6, 6.07) is 0. The Morgan fingerprint density at radius 1 is 1.00 bits per heavy atom. The smallest absolute Gasteiger partial charge is 0.332 e. The maximum Gasteiger partial charge on any atom is 0.332 e. The summed E-state index contributed by atoms with van der Waals surface area (Å²) >= 11 is 0. The highest BCUT2D eigenvalue weighted by molar-refractivity contribution is 5.94. The number of allylic oxidation sites excluding steroid dienone is 1. The molecule has 5 heteroatoms. The van der Waals surface area contributed by atoms with Gasteiger partial charge in [-0.05, 0) is 25.7 Å². The number of unbranched alkanes of at least 4 members (excludes halogenated alkanes) is 1. The van der Waals surface area contributed by atoms with Crippen molar-refractivity contribution in [2.24, 2.45) is 5.92 Å². The van der Waals surface area contributed by atoms with Gasteiger partial charge < -0.3 is 10.2 Å². The van der Waals surface area contributed by atoms with Crippen molar-refractivity contribution in [1.29, 1.82) is 0 Å². The highest BCUT2D eigenvalue weighted by Gasteiger charge is 2.25. The zero-order chi connectivity index (χ0) is 16.5. The normalized spacial score (nSPS) is 17.0. The lowest BCUT2D eigenvalue weighted by Gasteiger charge is -2.21. The second kappa shape index (κ2) is 9.38. The van der Waals surface area contributed by atoms with E-state index >= 15 is 0 Å². The predicted molar refractivity (Wildman–Crippen MR) is 82.6 cm³/mol. The molecule has 0 aromatic carbocycles. The van der Waals surface area contributed by atoms with Gasteiger partial charge in [0.25, 0.3) is 0 Å². The van der Waals surface area contributed by atoms with Crippen LogP contribution >= 0.6 is 0 Å². The van der Waals surface area contributed by atoms with E-state index in [1.807, 2.05) is 6.92 Å². The van der Waals surface area contributed by atoms with Gasteiger partial charge in [0, 0.05) is 17.9 Å². The van der Waals surface area contributed by atoms with Crippen LogP contribution in [-0.2, 0) is 14.4 Å². The Morgan fingerprint density at radius 3 is 2.14 bits per heavy atom. The van der Waals surface area contributed by atoms with Crippen LogP contribution in [0.2, 0.25) is 0 Å². The van der Waals surface area contributed by atoms with Crippen LogP contribution in [0.4, 0.5) is 0 Å². The second-order valence-corrected chi connectivity index (χ2v) is 6.04. The Kier molecular flexibility index (Phi) is 7.85. The fourth-order valence-electron chi connectivity index (χ4n) is 3.02. The van der Waals surface area contributed by atoms with E-state index in [4.69, 9.17) is 5.11 Å². The number of aliphatic carboxylic acids is 2. The van der Waals surface area contributed by atoms with E-state index in [-0.39, 0.29) is 23.7 Å². The van der Waals surface area contributed by atoms with Gasteiger partial charge in [-0.2, -0.15) is 0 Å². The molecule has 22 heavy (non-hydrogen) atoms. The third kappa shape index (κ3) is 6.00. The molecule has 0 atom stereocenters. The van der Waals surface area contributed by atoms with Gasteiger partial charge in [0.2, 0.25) is 0 Å². The van der Waals surface area contributed by atoms with Crippen LogP contribution in [0, 0.1) is 5.92 Å². The topological polar surface area (TPSA) is 91.7 Å². The minimum atomic E-state index is -1.22. The molecule has 0 amide bonds. The van der Waals surface area contributed by atoms with Gasteiger partial charge in [-0.25, -0.2) is 4.79 Å². The maximum absolute atomic E-state index is 12.4. The van der Waals surface area contributed by atoms with Gasteiger partial charge >= 0.3 is 11.9 Å². The monoisotopic (exact) mass is 310 g/mol. The van der Waals surface area contributed by atoms with Gasteiger partial charge in [0.05, 0.1) is 6.42 Å². The molecule has 2 N–H and O–H groups in total. The number of ketones is 1. The van der Waals surface area contributed by atoms with Gasteiger partial charge in [0.1, 0.15) is 5.78 Å². The summed E-state index contributed by atoms with van der Waals surface area (Å²) < 4.78 is 0. The fourth-order valence-corrected chi connectivity index (χ4v) is 3.02. The molecule has 5 nitrogen and oxygen atoms in total. The first-order chi connectivity index (χ1) is 10.5. The largest absolute Gasteiger partial charge is 0.481 e. The highest BCUT2D eigenvalue weighted by atomic mass is 16.4. The molecular formula is C17H26O5. The van der Waals surface area contributed by atoms with Gasteiger partial charge in [-0.15, -0.1) is 0 Å². The average Bonchev–Trinajstić information content (AvgIpc) is 2.49. The number of rotatable bonds is 9. The minimum absolute atomic E-state index is 0.0187. The van der Waals surface area contributed by atoms with E-state index in [9.17, 15) is 19.5 Å². The van der Waals surface area contributed by atoms with Crippen LogP contribution in [0.1, 0.15) is 71.1 Å². The Balaban J connectivity index is 2.90. The third-order valence-corrected chi connectivity index (χ3v) is 4.29. The Labute approximate surface area is 131 Å². The molecule has 0 unspecified atom stereocenters. The van der Waals surface area contributed by atoms with Gasteiger partial charge in [0.15, 0.2) is 0 Å². The van der Waals surface area contributed by atoms with E-state index in [1.165, 1.54) is 0 Å². The molecule has 124 valence electrons. The molecule has 0 aliphatic heterocycles.